The average molecular weight is 323 g/mol. The van der Waals surface area contributed by atoms with Gasteiger partial charge in [-0.1, -0.05) is 20.8 Å². The van der Waals surface area contributed by atoms with Gasteiger partial charge in [-0.25, -0.2) is 4.79 Å². The molecule has 0 radical (unpaired) electrons. The summed E-state index contributed by atoms with van der Waals surface area (Å²) < 4.78 is 9.82. The second-order valence-corrected chi connectivity index (χ2v) is 7.45. The van der Waals surface area contributed by atoms with Crippen LogP contribution in [0.25, 0.3) is 0 Å². The molecule has 2 aliphatic rings. The summed E-state index contributed by atoms with van der Waals surface area (Å²) >= 11 is 0. The van der Waals surface area contributed by atoms with E-state index in [1.165, 1.54) is 13.5 Å². The molecule has 2 aliphatic carbocycles. The first-order valence-electron chi connectivity index (χ1n) is 8.57. The Balaban J connectivity index is 2.20. The molecule has 0 heterocycles. The number of hydrogen-bond acceptors (Lipinski definition) is 5. The molecule has 2 rings (SSSR count). The Labute approximate surface area is 138 Å². The minimum atomic E-state index is -0.601. The molecule has 0 amide bonds. The molecule has 5 heteroatoms. The van der Waals surface area contributed by atoms with E-state index in [4.69, 9.17) is 9.73 Å². The van der Waals surface area contributed by atoms with Gasteiger partial charge < -0.3 is 9.47 Å². The van der Waals surface area contributed by atoms with Crippen LogP contribution < -0.4 is 0 Å². The first-order valence-corrected chi connectivity index (χ1v) is 8.57. The van der Waals surface area contributed by atoms with Crippen molar-refractivity contribution in [3.05, 3.63) is 0 Å². The van der Waals surface area contributed by atoms with Gasteiger partial charge in [0.15, 0.2) is 0 Å². The van der Waals surface area contributed by atoms with Crippen molar-refractivity contribution in [1.82, 2.24) is 0 Å². The summed E-state index contributed by atoms with van der Waals surface area (Å²) in [6, 6.07) is -0.601. The number of aliphatic imine (C=N–C) groups is 1. The highest BCUT2D eigenvalue weighted by Gasteiger charge is 2.59. The van der Waals surface area contributed by atoms with E-state index in [0.29, 0.717) is 18.9 Å². The van der Waals surface area contributed by atoms with Gasteiger partial charge in [0.05, 0.1) is 13.7 Å². The number of rotatable bonds is 6. The number of fused-ring (bicyclic) bond motifs is 2. The Morgan fingerprint density at radius 2 is 2.04 bits per heavy atom. The minimum absolute atomic E-state index is 0.0493. The summed E-state index contributed by atoms with van der Waals surface area (Å²) in [6.07, 6.45) is 3.83. The molecule has 0 saturated heterocycles. The van der Waals surface area contributed by atoms with Crippen LogP contribution in [-0.2, 0) is 19.1 Å². The molecule has 23 heavy (non-hydrogen) atoms. The van der Waals surface area contributed by atoms with Crippen molar-refractivity contribution in [3.8, 4) is 0 Å². The lowest BCUT2D eigenvalue weighted by Crippen LogP contribution is -2.34. The molecule has 0 N–H and O–H groups in total. The van der Waals surface area contributed by atoms with Gasteiger partial charge in [-0.3, -0.25) is 9.79 Å². The van der Waals surface area contributed by atoms with Gasteiger partial charge >= 0.3 is 11.9 Å². The molecule has 5 nitrogen and oxygen atoms in total. The van der Waals surface area contributed by atoms with Gasteiger partial charge in [0, 0.05) is 17.5 Å². The number of esters is 2. The van der Waals surface area contributed by atoms with E-state index in [0.717, 1.165) is 18.6 Å². The Morgan fingerprint density at radius 3 is 2.52 bits per heavy atom. The molecule has 0 aliphatic heterocycles. The fourth-order valence-corrected chi connectivity index (χ4v) is 4.14. The van der Waals surface area contributed by atoms with E-state index in [2.05, 4.69) is 25.5 Å². The number of methoxy groups -OCH3 is 1. The summed E-state index contributed by atoms with van der Waals surface area (Å²) in [5.74, 6) is -0.0261. The zero-order valence-electron chi connectivity index (χ0n) is 15.0. The van der Waals surface area contributed by atoms with Crippen LogP contribution in [0.3, 0.4) is 0 Å². The van der Waals surface area contributed by atoms with Gasteiger partial charge in [-0.15, -0.1) is 0 Å². The smallest absolute Gasteiger partial charge is 0.330 e. The summed E-state index contributed by atoms with van der Waals surface area (Å²) in [4.78, 5) is 28.4. The van der Waals surface area contributed by atoms with Crippen LogP contribution in [-0.4, -0.2) is 37.4 Å². The molecule has 3 atom stereocenters. The number of ether oxygens (including phenoxy) is 2. The predicted octanol–water partition coefficient (Wildman–Crippen LogP) is 3.16. The first kappa shape index (κ1) is 18.0. The number of nitrogens with zero attached hydrogens (tertiary/aromatic N) is 1. The minimum Gasteiger partial charge on any atom is -0.469 e. The number of carbonyl (C=O) groups excluding carboxylic acids is 2. The molecular weight excluding hydrogens is 294 g/mol. The highest BCUT2D eigenvalue weighted by Crippen LogP contribution is 2.64. The van der Waals surface area contributed by atoms with Crippen molar-refractivity contribution in [2.24, 2.45) is 21.7 Å². The van der Waals surface area contributed by atoms with Crippen LogP contribution in [0.2, 0.25) is 0 Å². The lowest BCUT2D eigenvalue weighted by atomic mass is 9.70. The summed E-state index contributed by atoms with van der Waals surface area (Å²) in [5, 5.41) is 0. The second kappa shape index (κ2) is 6.62. The third kappa shape index (κ3) is 3.15. The molecule has 2 fully saturated rings. The average Bonchev–Trinajstić information content (AvgIpc) is 2.84. The van der Waals surface area contributed by atoms with Crippen molar-refractivity contribution in [2.45, 2.75) is 65.8 Å². The number of hydrogen-bond donors (Lipinski definition) is 0. The Bertz CT molecular complexity index is 511. The maximum Gasteiger partial charge on any atom is 0.330 e. The standard InChI is InChI=1S/C18H29NO4/c1-6-23-16(21)13(7-8-15(20)22-5)19-14-11-12-9-10-18(14,4)17(12,2)3/h12-13H,6-11H2,1-5H3/t12-,13-,18+/m1/s1. The highest BCUT2D eigenvalue weighted by atomic mass is 16.5. The first-order chi connectivity index (χ1) is 10.8. The largest absolute Gasteiger partial charge is 0.469 e. The highest BCUT2D eigenvalue weighted by molar-refractivity contribution is 5.96. The molecule has 130 valence electrons. The molecule has 0 unspecified atom stereocenters. The molecular formula is C18H29NO4. The number of carbonyl (C=O) groups is 2. The predicted molar refractivity (Wildman–Crippen MR) is 88.3 cm³/mol. The van der Waals surface area contributed by atoms with Crippen molar-refractivity contribution >= 4 is 17.7 Å². The normalized spacial score (nSPS) is 31.2. The van der Waals surface area contributed by atoms with Crippen molar-refractivity contribution in [3.63, 3.8) is 0 Å². The third-order valence-electron chi connectivity index (χ3n) is 6.23. The summed E-state index contributed by atoms with van der Waals surface area (Å²) in [5.41, 5.74) is 1.39. The van der Waals surface area contributed by atoms with Crippen molar-refractivity contribution in [1.29, 1.82) is 0 Å². The van der Waals surface area contributed by atoms with Crippen LogP contribution in [0.5, 0.6) is 0 Å². The molecule has 2 saturated carbocycles. The van der Waals surface area contributed by atoms with E-state index in [9.17, 15) is 9.59 Å². The zero-order valence-corrected chi connectivity index (χ0v) is 15.0. The van der Waals surface area contributed by atoms with Crippen LogP contribution in [0.1, 0.15) is 59.8 Å². The summed E-state index contributed by atoms with van der Waals surface area (Å²) in [6.45, 7) is 8.98. The summed E-state index contributed by atoms with van der Waals surface area (Å²) in [7, 11) is 1.35. The molecule has 0 aromatic rings. The van der Waals surface area contributed by atoms with E-state index >= 15 is 0 Å². The quantitative estimate of drug-likeness (QED) is 0.704. The van der Waals surface area contributed by atoms with Gasteiger partial charge in [0.25, 0.3) is 0 Å². The lowest BCUT2D eigenvalue weighted by molar-refractivity contribution is -0.145. The Kier molecular flexibility index (Phi) is 5.17. The van der Waals surface area contributed by atoms with Gasteiger partial charge in [-0.05, 0) is 43.9 Å². The fraction of sp³-hybridized carbons (Fsp3) is 0.833. The van der Waals surface area contributed by atoms with Crippen LogP contribution in [0.4, 0.5) is 0 Å². The maximum absolute atomic E-state index is 12.2. The van der Waals surface area contributed by atoms with Crippen LogP contribution in [0.15, 0.2) is 4.99 Å². The zero-order chi connectivity index (χ0) is 17.3. The Morgan fingerprint density at radius 1 is 1.35 bits per heavy atom. The van der Waals surface area contributed by atoms with Crippen molar-refractivity contribution in [2.75, 3.05) is 13.7 Å². The molecule has 0 spiro atoms. The van der Waals surface area contributed by atoms with Crippen LogP contribution in [0, 0.1) is 16.7 Å². The van der Waals surface area contributed by atoms with Gasteiger partial charge in [-0.2, -0.15) is 0 Å². The fourth-order valence-electron chi connectivity index (χ4n) is 4.14. The molecule has 0 aromatic carbocycles. The van der Waals surface area contributed by atoms with Crippen molar-refractivity contribution < 1.29 is 19.1 Å². The van der Waals surface area contributed by atoms with Crippen LogP contribution >= 0.6 is 0 Å². The second-order valence-electron chi connectivity index (χ2n) is 7.45. The molecule has 2 bridgehead atoms. The van der Waals surface area contributed by atoms with Gasteiger partial charge in [0.2, 0.25) is 0 Å². The van der Waals surface area contributed by atoms with Gasteiger partial charge in [0.1, 0.15) is 6.04 Å². The maximum atomic E-state index is 12.2. The SMILES string of the molecule is CCOC(=O)[C@@H](CCC(=O)OC)N=C1C[C@H]2CC[C@]1(C)C2(C)C. The van der Waals surface area contributed by atoms with E-state index < -0.39 is 6.04 Å². The monoisotopic (exact) mass is 323 g/mol. The van der Waals surface area contributed by atoms with E-state index in [1.807, 2.05) is 0 Å². The third-order valence-corrected chi connectivity index (χ3v) is 6.23. The Hall–Kier alpha value is -1.39. The van der Waals surface area contributed by atoms with E-state index in [-0.39, 0.29) is 29.2 Å². The molecule has 0 aromatic heterocycles. The topological polar surface area (TPSA) is 65.0 Å². The van der Waals surface area contributed by atoms with E-state index in [1.54, 1.807) is 6.92 Å². The lowest BCUT2D eigenvalue weighted by Gasteiger charge is -2.35.